The van der Waals surface area contributed by atoms with Gasteiger partial charge in [-0.1, -0.05) is 65.2 Å². The van der Waals surface area contributed by atoms with E-state index in [1.165, 1.54) is 90.0 Å². The molecule has 2 aliphatic carbocycles. The highest BCUT2D eigenvalue weighted by Gasteiger charge is 2.31. The highest BCUT2D eigenvalue weighted by atomic mass is 14.9. The molecule has 21 heavy (non-hydrogen) atoms. The normalized spacial score (nSPS) is 30.6. The van der Waals surface area contributed by atoms with E-state index in [-0.39, 0.29) is 0 Å². The standard InChI is InChI=1S/C20H39N/c1-3-16-21-20(18-10-8-6-5-7-9-11-18)19-14-12-17(4-2)13-15-19/h17-21H,3-16H2,1-2H3. The minimum atomic E-state index is 0.834. The van der Waals surface area contributed by atoms with E-state index < -0.39 is 0 Å². The van der Waals surface area contributed by atoms with Crippen molar-refractivity contribution >= 4 is 0 Å². The van der Waals surface area contributed by atoms with Crippen LogP contribution in [0.5, 0.6) is 0 Å². The van der Waals surface area contributed by atoms with Crippen LogP contribution < -0.4 is 5.32 Å². The second-order valence-electron chi connectivity index (χ2n) is 7.77. The molecule has 2 fully saturated rings. The molecule has 0 aromatic rings. The molecule has 0 aromatic carbocycles. The third-order valence-corrected chi connectivity index (χ3v) is 6.26. The molecule has 2 saturated carbocycles. The minimum Gasteiger partial charge on any atom is -0.313 e. The van der Waals surface area contributed by atoms with E-state index in [0.717, 1.165) is 23.8 Å². The molecule has 0 aliphatic heterocycles. The van der Waals surface area contributed by atoms with Gasteiger partial charge >= 0.3 is 0 Å². The number of rotatable bonds is 6. The predicted molar refractivity (Wildman–Crippen MR) is 93.6 cm³/mol. The highest BCUT2D eigenvalue weighted by molar-refractivity contribution is 4.87. The molecule has 1 unspecified atom stereocenters. The van der Waals surface area contributed by atoms with Gasteiger partial charge in [-0.05, 0) is 56.4 Å². The molecular weight excluding hydrogens is 254 g/mol. The first kappa shape index (κ1) is 17.3. The molecule has 0 bridgehead atoms. The highest BCUT2D eigenvalue weighted by Crippen LogP contribution is 2.37. The summed E-state index contributed by atoms with van der Waals surface area (Å²) in [4.78, 5) is 0. The topological polar surface area (TPSA) is 12.0 Å². The average Bonchev–Trinajstić information content (AvgIpc) is 2.49. The monoisotopic (exact) mass is 293 g/mol. The van der Waals surface area contributed by atoms with Gasteiger partial charge in [-0.15, -0.1) is 0 Å². The van der Waals surface area contributed by atoms with E-state index in [2.05, 4.69) is 19.2 Å². The Morgan fingerprint density at radius 3 is 1.90 bits per heavy atom. The van der Waals surface area contributed by atoms with Gasteiger partial charge in [0.05, 0.1) is 0 Å². The lowest BCUT2D eigenvalue weighted by Gasteiger charge is -2.39. The Labute approximate surface area is 133 Å². The Hall–Kier alpha value is -0.0400. The molecule has 2 rings (SSSR count). The summed E-state index contributed by atoms with van der Waals surface area (Å²) >= 11 is 0. The van der Waals surface area contributed by atoms with Crippen molar-refractivity contribution in [2.24, 2.45) is 17.8 Å². The van der Waals surface area contributed by atoms with Crippen molar-refractivity contribution < 1.29 is 0 Å². The molecule has 0 amide bonds. The first-order valence-corrected chi connectivity index (χ1v) is 10.1. The maximum absolute atomic E-state index is 3.99. The fourth-order valence-electron chi connectivity index (χ4n) is 4.83. The summed E-state index contributed by atoms with van der Waals surface area (Å²) in [6.45, 7) is 5.93. The van der Waals surface area contributed by atoms with Crippen molar-refractivity contribution in [1.82, 2.24) is 5.32 Å². The Kier molecular flexibility index (Phi) is 8.14. The molecule has 1 N–H and O–H groups in total. The SMILES string of the molecule is CCCNC(C1CCCCCCC1)C1CCC(CC)CC1. The van der Waals surface area contributed by atoms with Gasteiger partial charge in [-0.3, -0.25) is 0 Å². The zero-order chi connectivity index (χ0) is 14.9. The fraction of sp³-hybridized carbons (Fsp3) is 1.00. The Morgan fingerprint density at radius 1 is 0.762 bits per heavy atom. The summed E-state index contributed by atoms with van der Waals surface area (Å²) in [5.41, 5.74) is 0. The van der Waals surface area contributed by atoms with E-state index in [9.17, 15) is 0 Å². The van der Waals surface area contributed by atoms with Gasteiger partial charge in [0.25, 0.3) is 0 Å². The third-order valence-electron chi connectivity index (χ3n) is 6.26. The molecule has 1 atom stereocenters. The summed E-state index contributed by atoms with van der Waals surface area (Å²) in [6, 6.07) is 0.834. The van der Waals surface area contributed by atoms with Crippen LogP contribution in [0.25, 0.3) is 0 Å². The van der Waals surface area contributed by atoms with Gasteiger partial charge in [-0.2, -0.15) is 0 Å². The average molecular weight is 294 g/mol. The smallest absolute Gasteiger partial charge is 0.0124 e. The minimum absolute atomic E-state index is 0.834. The van der Waals surface area contributed by atoms with Gasteiger partial charge < -0.3 is 5.32 Å². The number of hydrogen-bond donors (Lipinski definition) is 1. The lowest BCUT2D eigenvalue weighted by Crippen LogP contribution is -2.44. The van der Waals surface area contributed by atoms with E-state index >= 15 is 0 Å². The Morgan fingerprint density at radius 2 is 1.33 bits per heavy atom. The van der Waals surface area contributed by atoms with Crippen LogP contribution in [0.4, 0.5) is 0 Å². The van der Waals surface area contributed by atoms with Crippen LogP contribution in [0.3, 0.4) is 0 Å². The van der Waals surface area contributed by atoms with Crippen LogP contribution in [0.15, 0.2) is 0 Å². The molecule has 124 valence electrons. The summed E-state index contributed by atoms with van der Waals surface area (Å²) < 4.78 is 0. The van der Waals surface area contributed by atoms with Crippen molar-refractivity contribution in [3.8, 4) is 0 Å². The first-order chi connectivity index (χ1) is 10.3. The Balaban J connectivity index is 1.92. The third kappa shape index (κ3) is 5.58. The van der Waals surface area contributed by atoms with E-state index in [1.54, 1.807) is 0 Å². The maximum Gasteiger partial charge on any atom is 0.0124 e. The van der Waals surface area contributed by atoms with Crippen LogP contribution in [0, 0.1) is 17.8 Å². The van der Waals surface area contributed by atoms with Crippen molar-refractivity contribution in [2.75, 3.05) is 6.54 Å². The van der Waals surface area contributed by atoms with Gasteiger partial charge in [0.2, 0.25) is 0 Å². The van der Waals surface area contributed by atoms with Crippen LogP contribution in [0.2, 0.25) is 0 Å². The summed E-state index contributed by atoms with van der Waals surface area (Å²) in [7, 11) is 0. The quantitative estimate of drug-likeness (QED) is 0.640. The van der Waals surface area contributed by atoms with Crippen molar-refractivity contribution in [3.63, 3.8) is 0 Å². The summed E-state index contributed by atoms with van der Waals surface area (Å²) in [6.07, 6.45) is 19.1. The molecule has 0 radical (unpaired) electrons. The molecule has 1 nitrogen and oxygen atoms in total. The molecule has 0 saturated heterocycles. The lowest BCUT2D eigenvalue weighted by molar-refractivity contribution is 0.158. The molecular formula is C20H39N. The van der Waals surface area contributed by atoms with Crippen molar-refractivity contribution in [1.29, 1.82) is 0 Å². The van der Waals surface area contributed by atoms with Gasteiger partial charge in [0.15, 0.2) is 0 Å². The lowest BCUT2D eigenvalue weighted by atomic mass is 9.72. The molecule has 2 aliphatic rings. The van der Waals surface area contributed by atoms with Gasteiger partial charge in [0.1, 0.15) is 0 Å². The van der Waals surface area contributed by atoms with E-state index in [4.69, 9.17) is 0 Å². The molecule has 0 aromatic heterocycles. The second kappa shape index (κ2) is 9.87. The van der Waals surface area contributed by atoms with E-state index in [0.29, 0.717) is 0 Å². The Bertz CT molecular complexity index is 247. The second-order valence-corrected chi connectivity index (χ2v) is 7.77. The number of nitrogens with one attached hydrogen (secondary N) is 1. The van der Waals surface area contributed by atoms with Gasteiger partial charge in [-0.25, -0.2) is 0 Å². The van der Waals surface area contributed by atoms with Crippen molar-refractivity contribution in [3.05, 3.63) is 0 Å². The van der Waals surface area contributed by atoms with Gasteiger partial charge in [0, 0.05) is 6.04 Å². The zero-order valence-corrected chi connectivity index (χ0v) is 14.7. The summed E-state index contributed by atoms with van der Waals surface area (Å²) in [5.74, 6) is 2.98. The van der Waals surface area contributed by atoms with Crippen LogP contribution in [-0.4, -0.2) is 12.6 Å². The van der Waals surface area contributed by atoms with Crippen molar-refractivity contribution in [2.45, 2.75) is 103 Å². The first-order valence-electron chi connectivity index (χ1n) is 10.1. The zero-order valence-electron chi connectivity index (χ0n) is 14.7. The number of hydrogen-bond acceptors (Lipinski definition) is 1. The molecule has 0 spiro atoms. The maximum atomic E-state index is 3.99. The summed E-state index contributed by atoms with van der Waals surface area (Å²) in [5, 5.41) is 3.99. The van der Waals surface area contributed by atoms with E-state index in [1.807, 2.05) is 0 Å². The largest absolute Gasteiger partial charge is 0.313 e. The van der Waals surface area contributed by atoms with Crippen LogP contribution >= 0.6 is 0 Å². The van der Waals surface area contributed by atoms with Crippen LogP contribution in [0.1, 0.15) is 97.3 Å². The predicted octanol–water partition coefficient (Wildman–Crippen LogP) is 5.93. The molecule has 0 heterocycles. The van der Waals surface area contributed by atoms with Crippen LogP contribution in [-0.2, 0) is 0 Å². The fourth-order valence-corrected chi connectivity index (χ4v) is 4.83. The molecule has 1 heteroatoms.